The Morgan fingerprint density at radius 3 is 2.73 bits per heavy atom. The molecule has 0 aromatic carbocycles. The van der Waals surface area contributed by atoms with Crippen molar-refractivity contribution in [2.75, 3.05) is 16.4 Å². The molecule has 1 rings (SSSR count). The van der Waals surface area contributed by atoms with E-state index in [1.54, 1.807) is 13.8 Å². The minimum absolute atomic E-state index is 0.0376. The zero-order valence-corrected chi connectivity index (χ0v) is 10.1. The zero-order valence-electron chi connectivity index (χ0n) is 8.49. The van der Waals surface area contributed by atoms with Gasteiger partial charge in [-0.1, -0.05) is 6.92 Å². The summed E-state index contributed by atoms with van der Waals surface area (Å²) in [6.07, 6.45) is 0. The highest BCUT2D eigenvalue weighted by Crippen LogP contribution is 2.06. The number of anilines is 1. The number of hydrogen-bond acceptors (Lipinski definition) is 4. The summed E-state index contributed by atoms with van der Waals surface area (Å²) in [5.41, 5.74) is 0. The third-order valence-electron chi connectivity index (χ3n) is 1.61. The smallest absolute Gasteiger partial charge is 0.255 e. The minimum atomic E-state index is -3.41. The number of nitrogens with zero attached hydrogens (tertiary/aromatic N) is 2. The van der Waals surface area contributed by atoms with Crippen LogP contribution in [0.1, 0.15) is 12.7 Å². The summed E-state index contributed by atoms with van der Waals surface area (Å²) in [6.45, 7) is 3.45. The van der Waals surface area contributed by atoms with Crippen LogP contribution in [0.25, 0.3) is 0 Å². The lowest BCUT2D eigenvalue weighted by Crippen LogP contribution is -2.22. The van der Waals surface area contributed by atoms with Crippen molar-refractivity contribution < 1.29 is 8.42 Å². The molecule has 0 radical (unpaired) electrons. The SMILES string of the molecule is Cc1nc(NS(=O)(=O)CC(C)CCl)n[nH]1. The van der Waals surface area contributed by atoms with Crippen LogP contribution < -0.4 is 4.72 Å². The molecule has 0 aliphatic carbocycles. The van der Waals surface area contributed by atoms with Crippen LogP contribution in [0.5, 0.6) is 0 Å². The number of alkyl halides is 1. The molecule has 0 aliphatic rings. The van der Waals surface area contributed by atoms with Crippen molar-refractivity contribution in [3.63, 3.8) is 0 Å². The second-order valence-corrected chi connectivity index (χ2v) is 5.46. The Hall–Kier alpha value is -0.820. The molecule has 0 spiro atoms. The molecule has 0 amide bonds. The summed E-state index contributed by atoms with van der Waals surface area (Å²) >= 11 is 5.54. The molecule has 15 heavy (non-hydrogen) atoms. The Balaban J connectivity index is 2.64. The Kier molecular flexibility index (Phi) is 3.92. The number of halogens is 1. The molecule has 1 heterocycles. The van der Waals surface area contributed by atoms with Crippen LogP contribution in [0, 0.1) is 12.8 Å². The lowest BCUT2D eigenvalue weighted by molar-refractivity contribution is 0.588. The van der Waals surface area contributed by atoms with Gasteiger partial charge in [0.1, 0.15) is 5.82 Å². The van der Waals surface area contributed by atoms with E-state index in [9.17, 15) is 8.42 Å². The normalized spacial score (nSPS) is 13.8. The molecular formula is C7H13ClN4O2S. The van der Waals surface area contributed by atoms with Crippen molar-refractivity contribution in [2.45, 2.75) is 13.8 Å². The third kappa shape index (κ3) is 4.05. The molecule has 86 valence electrons. The number of aromatic amines is 1. The second-order valence-electron chi connectivity index (χ2n) is 3.39. The first kappa shape index (κ1) is 12.3. The number of sulfonamides is 1. The van der Waals surface area contributed by atoms with Crippen molar-refractivity contribution in [3.05, 3.63) is 5.82 Å². The highest BCUT2D eigenvalue weighted by molar-refractivity contribution is 7.92. The second kappa shape index (κ2) is 4.80. The van der Waals surface area contributed by atoms with E-state index in [4.69, 9.17) is 11.6 Å². The van der Waals surface area contributed by atoms with Crippen molar-refractivity contribution in [1.82, 2.24) is 15.2 Å². The van der Waals surface area contributed by atoms with Gasteiger partial charge in [0.25, 0.3) is 5.95 Å². The van der Waals surface area contributed by atoms with Crippen molar-refractivity contribution in [2.24, 2.45) is 5.92 Å². The summed E-state index contributed by atoms with van der Waals surface area (Å²) < 4.78 is 25.3. The number of aryl methyl sites for hydroxylation is 1. The van der Waals surface area contributed by atoms with Gasteiger partial charge in [-0.25, -0.2) is 13.1 Å². The molecule has 2 N–H and O–H groups in total. The van der Waals surface area contributed by atoms with Gasteiger partial charge >= 0.3 is 0 Å². The minimum Gasteiger partial charge on any atom is -0.261 e. The molecule has 0 fully saturated rings. The number of rotatable bonds is 5. The van der Waals surface area contributed by atoms with Gasteiger partial charge in [-0.3, -0.25) is 5.10 Å². The number of H-pyrrole nitrogens is 1. The largest absolute Gasteiger partial charge is 0.261 e. The predicted molar refractivity (Wildman–Crippen MR) is 58.4 cm³/mol. The van der Waals surface area contributed by atoms with E-state index in [1.807, 2.05) is 0 Å². The first-order valence-corrected chi connectivity index (χ1v) is 6.57. The molecule has 1 aromatic rings. The van der Waals surface area contributed by atoms with E-state index >= 15 is 0 Å². The fraction of sp³-hybridized carbons (Fsp3) is 0.714. The van der Waals surface area contributed by atoms with E-state index in [1.165, 1.54) is 0 Å². The fourth-order valence-corrected chi connectivity index (χ4v) is 2.55. The Labute approximate surface area is 93.5 Å². The Morgan fingerprint density at radius 2 is 2.27 bits per heavy atom. The van der Waals surface area contributed by atoms with Gasteiger partial charge in [0, 0.05) is 5.88 Å². The van der Waals surface area contributed by atoms with E-state index in [2.05, 4.69) is 19.9 Å². The van der Waals surface area contributed by atoms with E-state index < -0.39 is 10.0 Å². The van der Waals surface area contributed by atoms with Gasteiger partial charge in [-0.15, -0.1) is 16.7 Å². The lowest BCUT2D eigenvalue weighted by atomic mass is 10.3. The molecular weight excluding hydrogens is 240 g/mol. The summed E-state index contributed by atoms with van der Waals surface area (Å²) in [7, 11) is -3.41. The van der Waals surface area contributed by atoms with Gasteiger partial charge in [-0.05, 0) is 12.8 Å². The first-order valence-electron chi connectivity index (χ1n) is 4.38. The van der Waals surface area contributed by atoms with Crippen molar-refractivity contribution in [1.29, 1.82) is 0 Å². The van der Waals surface area contributed by atoms with Gasteiger partial charge in [0.2, 0.25) is 10.0 Å². The van der Waals surface area contributed by atoms with Crippen LogP contribution in [-0.4, -0.2) is 35.2 Å². The lowest BCUT2D eigenvalue weighted by Gasteiger charge is -2.08. The summed E-state index contributed by atoms with van der Waals surface area (Å²) in [5.74, 6) is 0.773. The van der Waals surface area contributed by atoms with Crippen LogP contribution in [0.15, 0.2) is 0 Å². The fourth-order valence-electron chi connectivity index (χ4n) is 0.988. The van der Waals surface area contributed by atoms with Gasteiger partial charge in [-0.2, -0.15) is 4.98 Å². The van der Waals surface area contributed by atoms with Crippen LogP contribution in [0.3, 0.4) is 0 Å². The number of nitrogens with one attached hydrogen (secondary N) is 2. The summed E-state index contributed by atoms with van der Waals surface area (Å²) in [5, 5.41) is 6.22. The van der Waals surface area contributed by atoms with Crippen LogP contribution in [0.4, 0.5) is 5.95 Å². The monoisotopic (exact) mass is 252 g/mol. The molecule has 0 aliphatic heterocycles. The number of hydrogen-bond donors (Lipinski definition) is 2. The van der Waals surface area contributed by atoms with Gasteiger partial charge in [0.15, 0.2) is 0 Å². The average Bonchev–Trinajstić information content (AvgIpc) is 2.49. The summed E-state index contributed by atoms with van der Waals surface area (Å²) in [4.78, 5) is 3.84. The zero-order chi connectivity index (χ0) is 11.5. The van der Waals surface area contributed by atoms with E-state index in [-0.39, 0.29) is 17.6 Å². The molecule has 1 atom stereocenters. The molecule has 6 nitrogen and oxygen atoms in total. The highest BCUT2D eigenvalue weighted by atomic mass is 35.5. The molecule has 0 saturated heterocycles. The molecule has 8 heteroatoms. The van der Waals surface area contributed by atoms with Crippen molar-refractivity contribution >= 4 is 27.6 Å². The van der Waals surface area contributed by atoms with Gasteiger partial charge < -0.3 is 0 Å². The highest BCUT2D eigenvalue weighted by Gasteiger charge is 2.16. The molecule has 1 aromatic heterocycles. The van der Waals surface area contributed by atoms with E-state index in [0.717, 1.165) is 0 Å². The standard InChI is InChI=1S/C7H13ClN4O2S/c1-5(3-8)4-15(13,14)12-7-9-6(2)10-11-7/h5H,3-4H2,1-2H3,(H2,9,10,11,12). The molecule has 1 unspecified atom stereocenters. The van der Waals surface area contributed by atoms with E-state index in [0.29, 0.717) is 11.7 Å². The molecule has 0 bridgehead atoms. The summed E-state index contributed by atoms with van der Waals surface area (Å²) in [6, 6.07) is 0. The van der Waals surface area contributed by atoms with Crippen molar-refractivity contribution in [3.8, 4) is 0 Å². The maximum absolute atomic E-state index is 11.5. The van der Waals surface area contributed by atoms with Crippen LogP contribution in [-0.2, 0) is 10.0 Å². The third-order valence-corrected chi connectivity index (χ3v) is 3.64. The quantitative estimate of drug-likeness (QED) is 0.757. The first-order chi connectivity index (χ1) is 6.93. The number of aromatic nitrogens is 3. The van der Waals surface area contributed by atoms with Crippen LogP contribution >= 0.6 is 11.6 Å². The average molecular weight is 253 g/mol. The maximum atomic E-state index is 11.5. The Bertz CT molecular complexity index is 416. The maximum Gasteiger partial charge on any atom is 0.255 e. The topological polar surface area (TPSA) is 87.7 Å². The van der Waals surface area contributed by atoms with Gasteiger partial charge in [0.05, 0.1) is 5.75 Å². The predicted octanol–water partition coefficient (Wildman–Crippen LogP) is 0.730. The van der Waals surface area contributed by atoms with Crippen LogP contribution in [0.2, 0.25) is 0 Å². The Morgan fingerprint density at radius 1 is 1.60 bits per heavy atom. The molecule has 0 saturated carbocycles.